The van der Waals surface area contributed by atoms with Gasteiger partial charge in [0.25, 0.3) is 0 Å². The van der Waals surface area contributed by atoms with Crippen molar-refractivity contribution in [2.75, 3.05) is 5.75 Å². The lowest BCUT2D eigenvalue weighted by atomic mass is 10.1. The number of rotatable bonds is 5. The van der Waals surface area contributed by atoms with E-state index in [4.69, 9.17) is 0 Å². The van der Waals surface area contributed by atoms with Crippen molar-refractivity contribution in [3.8, 4) is 11.1 Å². The van der Waals surface area contributed by atoms with Crippen LogP contribution >= 0.6 is 23.1 Å². The average Bonchev–Trinajstić information content (AvgIpc) is 3.12. The van der Waals surface area contributed by atoms with Crippen molar-refractivity contribution < 1.29 is 13.6 Å². The van der Waals surface area contributed by atoms with Crippen LogP contribution in [-0.2, 0) is 0 Å². The van der Waals surface area contributed by atoms with E-state index in [1.807, 2.05) is 5.38 Å². The lowest BCUT2D eigenvalue weighted by molar-refractivity contribution is 0.101. The molecule has 0 aliphatic rings. The molecule has 0 spiro atoms. The summed E-state index contributed by atoms with van der Waals surface area (Å²) in [6.45, 7) is 0. The van der Waals surface area contributed by atoms with Crippen LogP contribution in [0.5, 0.6) is 0 Å². The fourth-order valence-corrected chi connectivity index (χ4v) is 4.57. The van der Waals surface area contributed by atoms with Crippen LogP contribution in [-0.4, -0.2) is 21.5 Å². The number of benzene rings is 2. The second-order valence-electron chi connectivity index (χ2n) is 5.71. The Balaban J connectivity index is 1.66. The zero-order valence-electron chi connectivity index (χ0n) is 13.9. The van der Waals surface area contributed by atoms with Crippen LogP contribution in [0.3, 0.4) is 0 Å². The van der Waals surface area contributed by atoms with E-state index >= 15 is 0 Å². The molecular weight excluding hydrogens is 386 g/mol. The number of halogens is 2. The number of thiophene rings is 1. The first-order valence-corrected chi connectivity index (χ1v) is 9.88. The minimum Gasteiger partial charge on any atom is -0.293 e. The van der Waals surface area contributed by atoms with Gasteiger partial charge in [-0.1, -0.05) is 36.0 Å². The van der Waals surface area contributed by atoms with Crippen molar-refractivity contribution in [3.63, 3.8) is 0 Å². The molecule has 2 aromatic heterocycles. The van der Waals surface area contributed by atoms with Crippen molar-refractivity contribution in [1.82, 2.24) is 9.97 Å². The van der Waals surface area contributed by atoms with Gasteiger partial charge in [-0.3, -0.25) is 4.79 Å². The van der Waals surface area contributed by atoms with Gasteiger partial charge in [-0.2, -0.15) is 0 Å². The fraction of sp³-hybridized carbons (Fsp3) is 0.0500. The number of fused-ring (bicyclic) bond motifs is 1. The van der Waals surface area contributed by atoms with E-state index in [9.17, 15) is 13.6 Å². The Morgan fingerprint density at radius 2 is 1.81 bits per heavy atom. The number of thioether (sulfide) groups is 1. The molecular formula is C20H12F2N2OS2. The van der Waals surface area contributed by atoms with Crippen LogP contribution in [0.4, 0.5) is 8.78 Å². The highest BCUT2D eigenvalue weighted by Crippen LogP contribution is 2.38. The second-order valence-corrected chi connectivity index (χ2v) is 7.53. The fourth-order valence-electron chi connectivity index (χ4n) is 2.70. The number of hydrogen-bond acceptors (Lipinski definition) is 5. The average molecular weight is 398 g/mol. The third-order valence-corrected chi connectivity index (χ3v) is 5.88. The predicted molar refractivity (Wildman–Crippen MR) is 104 cm³/mol. The third-order valence-electron chi connectivity index (χ3n) is 4.00. The zero-order chi connectivity index (χ0) is 18.8. The van der Waals surface area contributed by atoms with Crippen LogP contribution < -0.4 is 0 Å². The molecule has 0 radical (unpaired) electrons. The smallest absolute Gasteiger partial charge is 0.176 e. The maximum Gasteiger partial charge on any atom is 0.176 e. The zero-order valence-corrected chi connectivity index (χ0v) is 15.5. The van der Waals surface area contributed by atoms with Crippen molar-refractivity contribution in [1.29, 1.82) is 0 Å². The van der Waals surface area contributed by atoms with E-state index in [-0.39, 0.29) is 22.9 Å². The van der Waals surface area contributed by atoms with E-state index < -0.39 is 5.82 Å². The van der Waals surface area contributed by atoms with Crippen molar-refractivity contribution >= 4 is 39.1 Å². The number of Topliss-reactive ketones (excluding diaryl/α,β-unsaturated/α-hetero) is 1. The van der Waals surface area contributed by atoms with Crippen LogP contribution in [0.25, 0.3) is 21.3 Å². The van der Waals surface area contributed by atoms with Gasteiger partial charge in [0.05, 0.1) is 16.7 Å². The number of ketones is 1. The van der Waals surface area contributed by atoms with E-state index in [0.29, 0.717) is 5.03 Å². The molecule has 0 saturated carbocycles. The molecule has 0 fully saturated rings. The van der Waals surface area contributed by atoms with Crippen molar-refractivity contribution in [2.45, 2.75) is 5.03 Å². The number of carbonyl (C=O) groups excluding carboxylic acids is 1. The van der Waals surface area contributed by atoms with Gasteiger partial charge in [-0.15, -0.1) is 11.3 Å². The van der Waals surface area contributed by atoms with E-state index in [1.54, 1.807) is 24.3 Å². The Bertz CT molecular complexity index is 1130. The first-order valence-electron chi connectivity index (χ1n) is 8.02. The Kier molecular flexibility index (Phi) is 4.96. The Morgan fingerprint density at radius 3 is 2.59 bits per heavy atom. The second kappa shape index (κ2) is 7.54. The van der Waals surface area contributed by atoms with E-state index in [2.05, 4.69) is 9.97 Å². The van der Waals surface area contributed by atoms with Gasteiger partial charge in [0.2, 0.25) is 0 Å². The van der Waals surface area contributed by atoms with E-state index in [0.717, 1.165) is 21.3 Å². The molecule has 0 amide bonds. The maximum absolute atomic E-state index is 13.8. The molecule has 7 heteroatoms. The summed E-state index contributed by atoms with van der Waals surface area (Å²) >= 11 is 2.70. The molecule has 0 aliphatic carbocycles. The van der Waals surface area contributed by atoms with E-state index in [1.165, 1.54) is 53.7 Å². The highest BCUT2D eigenvalue weighted by Gasteiger charge is 2.16. The summed E-state index contributed by atoms with van der Waals surface area (Å²) in [7, 11) is 0. The largest absolute Gasteiger partial charge is 0.293 e. The molecule has 2 heterocycles. The first-order chi connectivity index (χ1) is 13.1. The van der Waals surface area contributed by atoms with Gasteiger partial charge in [0.15, 0.2) is 5.78 Å². The van der Waals surface area contributed by atoms with Gasteiger partial charge in [0.1, 0.15) is 27.8 Å². The number of nitrogens with zero attached hydrogens (tertiary/aromatic N) is 2. The summed E-state index contributed by atoms with van der Waals surface area (Å²) in [5.41, 5.74) is 1.80. The van der Waals surface area contributed by atoms with Crippen molar-refractivity contribution in [2.24, 2.45) is 0 Å². The quantitative estimate of drug-likeness (QED) is 0.249. The summed E-state index contributed by atoms with van der Waals surface area (Å²) in [4.78, 5) is 21.7. The molecule has 2 aromatic carbocycles. The first kappa shape index (κ1) is 17.8. The molecule has 0 N–H and O–H groups in total. The summed E-state index contributed by atoms with van der Waals surface area (Å²) in [6.07, 6.45) is 1.45. The van der Waals surface area contributed by atoms with Crippen LogP contribution in [0.1, 0.15) is 10.4 Å². The Morgan fingerprint density at radius 1 is 1.04 bits per heavy atom. The van der Waals surface area contributed by atoms with Gasteiger partial charge in [0, 0.05) is 10.9 Å². The van der Waals surface area contributed by atoms with Crippen LogP contribution in [0, 0.1) is 11.6 Å². The molecule has 0 aliphatic heterocycles. The molecule has 4 rings (SSSR count). The molecule has 0 saturated heterocycles. The van der Waals surface area contributed by atoms with Crippen molar-refractivity contribution in [3.05, 3.63) is 77.4 Å². The molecule has 3 nitrogen and oxygen atoms in total. The summed E-state index contributed by atoms with van der Waals surface area (Å²) in [5.74, 6) is -1.08. The minimum atomic E-state index is -0.529. The predicted octanol–water partition coefficient (Wildman–Crippen LogP) is 5.61. The minimum absolute atomic E-state index is 0.0613. The SMILES string of the molecule is O=C(CSc1ncnc2scc(-c3ccc(F)cc3)c12)c1ccccc1F. The summed E-state index contributed by atoms with van der Waals surface area (Å²) in [6, 6.07) is 12.1. The normalized spacial score (nSPS) is 11.0. The van der Waals surface area contributed by atoms with Crippen LogP contribution in [0.2, 0.25) is 0 Å². The molecule has 4 aromatic rings. The lowest BCUT2D eigenvalue weighted by Crippen LogP contribution is -2.05. The monoisotopic (exact) mass is 398 g/mol. The van der Waals surface area contributed by atoms with Gasteiger partial charge in [-0.05, 0) is 29.8 Å². The number of aromatic nitrogens is 2. The number of carbonyl (C=O) groups is 1. The lowest BCUT2D eigenvalue weighted by Gasteiger charge is -2.06. The summed E-state index contributed by atoms with van der Waals surface area (Å²) < 4.78 is 27.0. The molecule has 0 unspecified atom stereocenters. The van der Waals surface area contributed by atoms with Crippen LogP contribution in [0.15, 0.2) is 65.3 Å². The summed E-state index contributed by atoms with van der Waals surface area (Å²) in [5, 5.41) is 3.40. The van der Waals surface area contributed by atoms with Gasteiger partial charge < -0.3 is 0 Å². The molecule has 0 atom stereocenters. The number of hydrogen-bond donors (Lipinski definition) is 0. The Hall–Kier alpha value is -2.64. The molecule has 134 valence electrons. The highest BCUT2D eigenvalue weighted by molar-refractivity contribution is 8.00. The Labute approximate surface area is 162 Å². The topological polar surface area (TPSA) is 42.9 Å². The van der Waals surface area contributed by atoms with Gasteiger partial charge >= 0.3 is 0 Å². The molecule has 0 bridgehead atoms. The van der Waals surface area contributed by atoms with Gasteiger partial charge in [-0.25, -0.2) is 18.7 Å². The molecule has 27 heavy (non-hydrogen) atoms. The highest BCUT2D eigenvalue weighted by atomic mass is 32.2. The third kappa shape index (κ3) is 3.61. The maximum atomic E-state index is 13.8. The standard InChI is InChI=1S/C20H12F2N2OS2/c21-13-7-5-12(6-8-13)15-9-26-19-18(15)20(24-11-23-19)27-10-17(25)14-3-1-2-4-16(14)22/h1-9,11H,10H2.